The van der Waals surface area contributed by atoms with Crippen molar-refractivity contribution in [2.24, 2.45) is 0 Å². The highest BCUT2D eigenvalue weighted by molar-refractivity contribution is 6.33. The van der Waals surface area contributed by atoms with E-state index >= 15 is 0 Å². The molecular weight excluding hydrogens is 358 g/mol. The minimum absolute atomic E-state index is 0.175. The first-order chi connectivity index (χ1) is 12.5. The third kappa shape index (κ3) is 3.55. The van der Waals surface area contributed by atoms with Crippen LogP contribution >= 0.6 is 11.6 Å². The first kappa shape index (κ1) is 17.6. The topological polar surface area (TPSA) is 95.9 Å². The molecule has 0 aliphatic heterocycles. The molecule has 132 valence electrons. The van der Waals surface area contributed by atoms with Crippen molar-refractivity contribution in [1.29, 1.82) is 0 Å². The molecule has 0 aromatic heterocycles. The lowest BCUT2D eigenvalue weighted by atomic mass is 10.0. The first-order valence-electron chi connectivity index (χ1n) is 7.62. The van der Waals surface area contributed by atoms with E-state index < -0.39 is 18.5 Å². The van der Waals surface area contributed by atoms with Gasteiger partial charge in [0.2, 0.25) is 0 Å². The Morgan fingerprint density at radius 2 is 1.65 bits per heavy atom. The summed E-state index contributed by atoms with van der Waals surface area (Å²) < 4.78 is 4.92. The van der Waals surface area contributed by atoms with E-state index in [1.807, 2.05) is 0 Å². The Morgan fingerprint density at radius 1 is 1.00 bits per heavy atom. The third-order valence-electron chi connectivity index (χ3n) is 3.70. The monoisotopic (exact) mass is 371 g/mol. The zero-order chi connectivity index (χ0) is 18.7. The van der Waals surface area contributed by atoms with E-state index in [1.54, 1.807) is 48.5 Å². The van der Waals surface area contributed by atoms with Gasteiger partial charge in [-0.25, -0.2) is 4.79 Å². The minimum atomic E-state index is -0.933. The summed E-state index contributed by atoms with van der Waals surface area (Å²) in [4.78, 5) is 24.1. The molecule has 1 amide bonds. The first-order valence-corrected chi connectivity index (χ1v) is 8.00. The molecule has 0 unspecified atom stereocenters. The van der Waals surface area contributed by atoms with Gasteiger partial charge in [-0.15, -0.1) is 0 Å². The van der Waals surface area contributed by atoms with Crippen LogP contribution in [0.5, 0.6) is 11.5 Å². The van der Waals surface area contributed by atoms with Crippen LogP contribution < -0.4 is 5.32 Å². The standard InChI is InChI=1S/C19H14ClNO5/c20-14-7-3-4-8-15(14)21-17(23)10-26-19(25)13-9-16(22)11-5-1-2-6-12(11)18(13)24/h1-9,22,24H,10H2,(H,21,23). The van der Waals surface area contributed by atoms with Gasteiger partial charge in [-0.05, 0) is 18.2 Å². The molecule has 0 bridgehead atoms. The summed E-state index contributed by atoms with van der Waals surface area (Å²) in [5, 5.41) is 23.8. The number of fused-ring (bicyclic) bond motifs is 1. The van der Waals surface area contributed by atoms with Crippen molar-refractivity contribution in [3.63, 3.8) is 0 Å². The van der Waals surface area contributed by atoms with Crippen molar-refractivity contribution in [1.82, 2.24) is 0 Å². The van der Waals surface area contributed by atoms with E-state index in [1.165, 1.54) is 0 Å². The lowest BCUT2D eigenvalue weighted by Gasteiger charge is -2.10. The van der Waals surface area contributed by atoms with Gasteiger partial charge >= 0.3 is 5.97 Å². The summed E-state index contributed by atoms with van der Waals surface area (Å²) in [5.74, 6) is -2.02. The molecule has 0 atom stereocenters. The number of hydrogen-bond acceptors (Lipinski definition) is 5. The van der Waals surface area contributed by atoms with Crippen LogP contribution in [0.3, 0.4) is 0 Å². The molecule has 0 aliphatic carbocycles. The SMILES string of the molecule is O=C(COC(=O)c1cc(O)c2ccccc2c1O)Nc1ccccc1Cl. The summed E-state index contributed by atoms with van der Waals surface area (Å²) in [6.07, 6.45) is 0. The van der Waals surface area contributed by atoms with Crippen molar-refractivity contribution >= 4 is 39.9 Å². The molecule has 0 fully saturated rings. The van der Waals surface area contributed by atoms with Gasteiger partial charge in [0.15, 0.2) is 6.61 Å². The molecular formula is C19H14ClNO5. The number of benzene rings is 3. The molecule has 3 N–H and O–H groups in total. The number of esters is 1. The number of anilines is 1. The maximum absolute atomic E-state index is 12.2. The third-order valence-corrected chi connectivity index (χ3v) is 4.03. The molecule has 26 heavy (non-hydrogen) atoms. The van der Waals surface area contributed by atoms with Gasteiger partial charge in [0.1, 0.15) is 17.1 Å². The highest BCUT2D eigenvalue weighted by Gasteiger charge is 2.19. The lowest BCUT2D eigenvalue weighted by molar-refractivity contribution is -0.119. The van der Waals surface area contributed by atoms with Crippen molar-refractivity contribution in [3.05, 3.63) is 65.2 Å². The van der Waals surface area contributed by atoms with Gasteiger partial charge in [-0.3, -0.25) is 4.79 Å². The lowest BCUT2D eigenvalue weighted by Crippen LogP contribution is -2.21. The molecule has 7 heteroatoms. The van der Waals surface area contributed by atoms with Crippen molar-refractivity contribution < 1.29 is 24.5 Å². The van der Waals surface area contributed by atoms with Crippen molar-refractivity contribution in [3.8, 4) is 11.5 Å². The number of ether oxygens (including phenoxy) is 1. The zero-order valence-corrected chi connectivity index (χ0v) is 14.2. The van der Waals surface area contributed by atoms with Crippen LogP contribution in [-0.2, 0) is 9.53 Å². The van der Waals surface area contributed by atoms with Gasteiger partial charge < -0.3 is 20.3 Å². The summed E-state index contributed by atoms with van der Waals surface area (Å²) in [6, 6.07) is 14.3. The Kier molecular flexibility index (Phi) is 4.95. The number of nitrogens with one attached hydrogen (secondary N) is 1. The second kappa shape index (κ2) is 7.33. The Labute approximate surface area is 153 Å². The predicted molar refractivity (Wildman–Crippen MR) is 97.6 cm³/mol. The Hall–Kier alpha value is -3.25. The second-order valence-corrected chi connectivity index (χ2v) is 5.85. The highest BCUT2D eigenvalue weighted by Crippen LogP contribution is 2.35. The summed E-state index contributed by atoms with van der Waals surface area (Å²) in [5.41, 5.74) is 0.160. The van der Waals surface area contributed by atoms with Crippen LogP contribution in [-0.4, -0.2) is 28.7 Å². The number of aromatic hydroxyl groups is 2. The van der Waals surface area contributed by atoms with E-state index in [0.717, 1.165) is 6.07 Å². The largest absolute Gasteiger partial charge is 0.507 e. The number of amides is 1. The van der Waals surface area contributed by atoms with Crippen LogP contribution in [0.4, 0.5) is 5.69 Å². The van der Waals surface area contributed by atoms with Crippen molar-refractivity contribution in [2.75, 3.05) is 11.9 Å². The van der Waals surface area contributed by atoms with Crippen LogP contribution in [0.1, 0.15) is 10.4 Å². The van der Waals surface area contributed by atoms with E-state index in [4.69, 9.17) is 16.3 Å². The predicted octanol–water partition coefficient (Wildman–Crippen LogP) is 3.70. The van der Waals surface area contributed by atoms with Gasteiger partial charge in [-0.2, -0.15) is 0 Å². The average Bonchev–Trinajstić information content (AvgIpc) is 2.64. The minimum Gasteiger partial charge on any atom is -0.507 e. The van der Waals surface area contributed by atoms with Gasteiger partial charge in [0.25, 0.3) is 5.91 Å². The second-order valence-electron chi connectivity index (χ2n) is 5.44. The molecule has 0 spiro atoms. The molecule has 0 saturated carbocycles. The van der Waals surface area contributed by atoms with E-state index in [9.17, 15) is 19.8 Å². The van der Waals surface area contributed by atoms with Crippen molar-refractivity contribution in [2.45, 2.75) is 0 Å². The molecule has 0 aliphatic rings. The number of phenols is 2. The van der Waals surface area contributed by atoms with Gasteiger partial charge in [-0.1, -0.05) is 48.0 Å². The number of hydrogen-bond donors (Lipinski definition) is 3. The normalized spacial score (nSPS) is 10.5. The molecule has 3 aromatic carbocycles. The van der Waals surface area contributed by atoms with Gasteiger partial charge in [0, 0.05) is 10.8 Å². The fourth-order valence-corrected chi connectivity index (χ4v) is 2.64. The van der Waals surface area contributed by atoms with Crippen LogP contribution in [0, 0.1) is 0 Å². The molecule has 3 rings (SSSR count). The maximum atomic E-state index is 12.2. The number of carbonyl (C=O) groups is 2. The quantitative estimate of drug-likeness (QED) is 0.480. The molecule has 0 saturated heterocycles. The fourth-order valence-electron chi connectivity index (χ4n) is 2.45. The molecule has 6 nitrogen and oxygen atoms in total. The number of halogens is 1. The summed E-state index contributed by atoms with van der Waals surface area (Å²) in [6.45, 7) is -0.572. The molecule has 0 radical (unpaired) electrons. The molecule has 0 heterocycles. The van der Waals surface area contributed by atoms with Crippen LogP contribution in [0.25, 0.3) is 10.8 Å². The van der Waals surface area contributed by atoms with Crippen LogP contribution in [0.15, 0.2) is 54.6 Å². The smallest absolute Gasteiger partial charge is 0.342 e. The summed E-state index contributed by atoms with van der Waals surface area (Å²) >= 11 is 5.94. The Bertz CT molecular complexity index is 1000. The summed E-state index contributed by atoms with van der Waals surface area (Å²) in [7, 11) is 0. The Morgan fingerprint density at radius 3 is 2.38 bits per heavy atom. The van der Waals surface area contributed by atoms with E-state index in [2.05, 4.69) is 5.32 Å². The average molecular weight is 372 g/mol. The fraction of sp³-hybridized carbons (Fsp3) is 0.0526. The number of para-hydroxylation sites is 1. The van der Waals surface area contributed by atoms with Crippen LogP contribution in [0.2, 0.25) is 5.02 Å². The zero-order valence-electron chi connectivity index (χ0n) is 13.4. The number of carbonyl (C=O) groups excluding carboxylic acids is 2. The van der Waals surface area contributed by atoms with E-state index in [-0.39, 0.29) is 17.1 Å². The number of phenolic OH excluding ortho intramolecular Hbond substituents is 2. The molecule has 3 aromatic rings. The Balaban J connectivity index is 1.72. The maximum Gasteiger partial charge on any atom is 0.342 e. The highest BCUT2D eigenvalue weighted by atomic mass is 35.5. The van der Waals surface area contributed by atoms with E-state index in [0.29, 0.717) is 21.5 Å². The van der Waals surface area contributed by atoms with Gasteiger partial charge in [0.05, 0.1) is 10.7 Å². The number of rotatable bonds is 4.